The number of ether oxygens (including phenoxy) is 2. The summed E-state index contributed by atoms with van der Waals surface area (Å²) in [7, 11) is 3.20. The first-order valence-corrected chi connectivity index (χ1v) is 6.60. The second-order valence-corrected chi connectivity index (χ2v) is 4.70. The molecule has 1 fully saturated rings. The minimum Gasteiger partial charge on any atom is -0.478 e. The molecule has 1 amide bonds. The van der Waals surface area contributed by atoms with Crippen LogP contribution in [0.15, 0.2) is 12.4 Å². The maximum absolute atomic E-state index is 11.8. The summed E-state index contributed by atoms with van der Waals surface area (Å²) in [4.78, 5) is 21.9. The fraction of sp³-hybridized carbons (Fsp3) is 0.615. The van der Waals surface area contributed by atoms with Gasteiger partial charge in [0.1, 0.15) is 0 Å². The fourth-order valence-corrected chi connectivity index (χ4v) is 2.25. The van der Waals surface area contributed by atoms with Crippen LogP contribution in [-0.2, 0) is 9.53 Å². The Balaban J connectivity index is 1.84. The molecule has 2 rings (SSSR count). The van der Waals surface area contributed by atoms with Gasteiger partial charge in [-0.25, -0.2) is 9.97 Å². The van der Waals surface area contributed by atoms with E-state index in [-0.39, 0.29) is 11.8 Å². The molecule has 1 atom stereocenters. The molecule has 1 unspecified atom stereocenters. The molecule has 7 heteroatoms. The molecule has 1 saturated heterocycles. The number of methoxy groups -OCH3 is 2. The Bertz CT molecular complexity index is 455. The van der Waals surface area contributed by atoms with Gasteiger partial charge in [-0.05, 0) is 0 Å². The van der Waals surface area contributed by atoms with Gasteiger partial charge in [0, 0.05) is 51.5 Å². The molecule has 1 N–H and O–H groups in total. The highest BCUT2D eigenvalue weighted by atomic mass is 16.5. The van der Waals surface area contributed by atoms with Crippen LogP contribution in [0.1, 0.15) is 6.42 Å². The van der Waals surface area contributed by atoms with Gasteiger partial charge >= 0.3 is 0 Å². The van der Waals surface area contributed by atoms with E-state index in [9.17, 15) is 4.79 Å². The van der Waals surface area contributed by atoms with E-state index in [1.165, 1.54) is 0 Å². The van der Waals surface area contributed by atoms with Gasteiger partial charge in [0.05, 0.1) is 13.7 Å². The van der Waals surface area contributed by atoms with Gasteiger partial charge in [-0.15, -0.1) is 0 Å². The maximum Gasteiger partial charge on any atom is 0.257 e. The van der Waals surface area contributed by atoms with Crippen molar-refractivity contribution in [2.45, 2.75) is 6.42 Å². The minimum atomic E-state index is 0.181. The highest BCUT2D eigenvalue weighted by molar-refractivity contribution is 5.78. The molecule has 7 nitrogen and oxygen atoms in total. The van der Waals surface area contributed by atoms with Crippen LogP contribution in [0.25, 0.3) is 0 Å². The zero-order chi connectivity index (χ0) is 14.4. The number of anilines is 1. The predicted octanol–water partition coefficient (Wildman–Crippen LogP) is 0.392. The molecule has 0 spiro atoms. The number of carbonyl (C=O) groups is 1. The lowest BCUT2D eigenvalue weighted by Gasteiger charge is -2.16. The Hall–Kier alpha value is -1.89. The zero-order valence-electron chi connectivity index (χ0n) is 11.8. The SMILES string of the molecule is COCCN1CC(CNc2nccnc2OC)CC1=O. The van der Waals surface area contributed by atoms with Crippen molar-refractivity contribution >= 4 is 11.7 Å². The summed E-state index contributed by atoms with van der Waals surface area (Å²) in [5, 5.41) is 3.19. The quantitative estimate of drug-likeness (QED) is 0.778. The van der Waals surface area contributed by atoms with Gasteiger partial charge in [0.15, 0.2) is 5.82 Å². The third kappa shape index (κ3) is 3.57. The Morgan fingerprint density at radius 2 is 2.20 bits per heavy atom. The second kappa shape index (κ2) is 7.04. The Morgan fingerprint density at radius 1 is 1.40 bits per heavy atom. The molecule has 0 aliphatic carbocycles. The van der Waals surface area contributed by atoms with E-state index in [0.29, 0.717) is 37.8 Å². The number of rotatable bonds is 7. The zero-order valence-corrected chi connectivity index (χ0v) is 11.8. The highest BCUT2D eigenvalue weighted by Gasteiger charge is 2.29. The van der Waals surface area contributed by atoms with E-state index in [1.54, 1.807) is 26.6 Å². The van der Waals surface area contributed by atoms with Crippen molar-refractivity contribution in [1.82, 2.24) is 14.9 Å². The molecule has 1 aliphatic rings. The van der Waals surface area contributed by atoms with Crippen LogP contribution in [-0.4, -0.2) is 61.2 Å². The van der Waals surface area contributed by atoms with Crippen LogP contribution >= 0.6 is 0 Å². The average molecular weight is 280 g/mol. The minimum absolute atomic E-state index is 0.181. The van der Waals surface area contributed by atoms with E-state index in [1.807, 2.05) is 4.90 Å². The number of likely N-dealkylation sites (tertiary alicyclic amines) is 1. The van der Waals surface area contributed by atoms with Gasteiger partial charge < -0.3 is 19.7 Å². The molecule has 0 radical (unpaired) electrons. The van der Waals surface area contributed by atoms with Crippen molar-refractivity contribution in [2.24, 2.45) is 5.92 Å². The van der Waals surface area contributed by atoms with Crippen LogP contribution in [0.4, 0.5) is 5.82 Å². The number of nitrogens with one attached hydrogen (secondary N) is 1. The summed E-state index contributed by atoms with van der Waals surface area (Å²) in [5.74, 6) is 1.52. The van der Waals surface area contributed by atoms with Gasteiger partial charge in [0.25, 0.3) is 5.88 Å². The van der Waals surface area contributed by atoms with Crippen molar-refractivity contribution in [2.75, 3.05) is 45.8 Å². The first-order chi connectivity index (χ1) is 9.74. The van der Waals surface area contributed by atoms with Gasteiger partial charge in [-0.1, -0.05) is 0 Å². The van der Waals surface area contributed by atoms with E-state index < -0.39 is 0 Å². The number of hydrogen-bond donors (Lipinski definition) is 1. The normalized spacial score (nSPS) is 18.4. The maximum atomic E-state index is 11.8. The van der Waals surface area contributed by atoms with Crippen molar-refractivity contribution in [3.8, 4) is 5.88 Å². The van der Waals surface area contributed by atoms with Crippen LogP contribution in [0.2, 0.25) is 0 Å². The van der Waals surface area contributed by atoms with Crippen molar-refractivity contribution in [3.63, 3.8) is 0 Å². The lowest BCUT2D eigenvalue weighted by atomic mass is 10.1. The number of carbonyl (C=O) groups excluding carboxylic acids is 1. The van der Waals surface area contributed by atoms with E-state index in [0.717, 1.165) is 6.54 Å². The average Bonchev–Trinajstić information content (AvgIpc) is 2.83. The first-order valence-electron chi connectivity index (χ1n) is 6.60. The molecule has 0 bridgehead atoms. The molecule has 1 aliphatic heterocycles. The fourth-order valence-electron chi connectivity index (χ4n) is 2.25. The summed E-state index contributed by atoms with van der Waals surface area (Å²) < 4.78 is 10.1. The predicted molar refractivity (Wildman–Crippen MR) is 73.6 cm³/mol. The molecular formula is C13H20N4O3. The van der Waals surface area contributed by atoms with E-state index >= 15 is 0 Å². The second-order valence-electron chi connectivity index (χ2n) is 4.70. The van der Waals surface area contributed by atoms with E-state index in [2.05, 4.69) is 15.3 Å². The monoisotopic (exact) mass is 280 g/mol. The number of amides is 1. The molecule has 2 heterocycles. The summed E-state index contributed by atoms with van der Waals surface area (Å²) in [6.45, 7) is 2.65. The summed E-state index contributed by atoms with van der Waals surface area (Å²) in [6, 6.07) is 0. The van der Waals surface area contributed by atoms with Crippen molar-refractivity contribution in [3.05, 3.63) is 12.4 Å². The summed E-state index contributed by atoms with van der Waals surface area (Å²) in [5.41, 5.74) is 0. The molecule has 1 aromatic heterocycles. The standard InChI is InChI=1S/C13H20N4O3/c1-19-6-5-17-9-10(7-11(17)18)8-16-12-13(20-2)15-4-3-14-12/h3-4,10H,5-9H2,1-2H3,(H,14,16). The lowest BCUT2D eigenvalue weighted by molar-refractivity contribution is -0.128. The molecule has 1 aromatic rings. The largest absolute Gasteiger partial charge is 0.478 e. The third-order valence-corrected chi connectivity index (χ3v) is 3.28. The number of aromatic nitrogens is 2. The van der Waals surface area contributed by atoms with Gasteiger partial charge in [0.2, 0.25) is 5.91 Å². The van der Waals surface area contributed by atoms with Crippen LogP contribution in [0.5, 0.6) is 5.88 Å². The molecule has 110 valence electrons. The van der Waals surface area contributed by atoms with E-state index in [4.69, 9.17) is 9.47 Å². The van der Waals surface area contributed by atoms with Crippen molar-refractivity contribution in [1.29, 1.82) is 0 Å². The Morgan fingerprint density at radius 3 is 2.95 bits per heavy atom. The van der Waals surface area contributed by atoms with Crippen LogP contribution < -0.4 is 10.1 Å². The Labute approximate surface area is 118 Å². The van der Waals surface area contributed by atoms with Gasteiger partial charge in [-0.3, -0.25) is 4.79 Å². The van der Waals surface area contributed by atoms with Crippen molar-refractivity contribution < 1.29 is 14.3 Å². The van der Waals surface area contributed by atoms with Gasteiger partial charge in [-0.2, -0.15) is 0 Å². The molecule has 0 aromatic carbocycles. The summed E-state index contributed by atoms with van der Waals surface area (Å²) in [6.07, 6.45) is 3.74. The molecule has 0 saturated carbocycles. The van der Waals surface area contributed by atoms with Crippen LogP contribution in [0, 0.1) is 5.92 Å². The topological polar surface area (TPSA) is 76.6 Å². The summed E-state index contributed by atoms with van der Waals surface area (Å²) >= 11 is 0. The molecule has 20 heavy (non-hydrogen) atoms. The Kier molecular flexibility index (Phi) is 5.11. The third-order valence-electron chi connectivity index (χ3n) is 3.28. The number of hydrogen-bond acceptors (Lipinski definition) is 6. The lowest BCUT2D eigenvalue weighted by Crippen LogP contribution is -2.29. The molecular weight excluding hydrogens is 260 g/mol. The highest BCUT2D eigenvalue weighted by Crippen LogP contribution is 2.21. The smallest absolute Gasteiger partial charge is 0.257 e. The first kappa shape index (κ1) is 14.5. The number of nitrogens with zero attached hydrogens (tertiary/aromatic N) is 3. The van der Waals surface area contributed by atoms with Crippen LogP contribution in [0.3, 0.4) is 0 Å².